The summed E-state index contributed by atoms with van der Waals surface area (Å²) in [5.74, 6) is 0. The zero-order chi connectivity index (χ0) is 10.6. The van der Waals surface area contributed by atoms with E-state index in [1.165, 1.54) is 4.31 Å². The normalized spacial score (nSPS) is 21.3. The predicted octanol–water partition coefficient (Wildman–Crippen LogP) is -1.76. The van der Waals surface area contributed by atoms with E-state index in [1.54, 1.807) is 0 Å². The Balaban J connectivity index is 2.31. The molecule has 0 aromatic heterocycles. The average Bonchev–Trinajstić information content (AvgIpc) is 2.14. The van der Waals surface area contributed by atoms with Crippen LogP contribution in [0.1, 0.15) is 12.8 Å². The highest BCUT2D eigenvalue weighted by atomic mass is 32.2. The highest BCUT2D eigenvalue weighted by molar-refractivity contribution is 7.86. The summed E-state index contributed by atoms with van der Waals surface area (Å²) in [4.78, 5) is 0. The number of piperidine rings is 1. The van der Waals surface area contributed by atoms with Crippen molar-refractivity contribution in [1.29, 1.82) is 0 Å². The number of nitrogens with two attached hydrogens (primary N) is 1. The Hall–Kier alpha value is -0.210. The first-order valence-electron chi connectivity index (χ1n) is 4.66. The quantitative estimate of drug-likeness (QED) is 0.526. The maximum atomic E-state index is 11.0. The van der Waals surface area contributed by atoms with Crippen LogP contribution in [0.15, 0.2) is 0 Å². The van der Waals surface area contributed by atoms with E-state index >= 15 is 0 Å². The van der Waals surface area contributed by atoms with Gasteiger partial charge >= 0.3 is 0 Å². The molecule has 0 aromatic rings. The summed E-state index contributed by atoms with van der Waals surface area (Å²) in [7, 11) is -3.51. The van der Waals surface area contributed by atoms with Gasteiger partial charge < -0.3 is 10.4 Å². The first-order chi connectivity index (χ1) is 6.54. The van der Waals surface area contributed by atoms with Crippen molar-refractivity contribution < 1.29 is 13.5 Å². The molecule has 0 radical (unpaired) electrons. The fourth-order valence-electron chi connectivity index (χ4n) is 1.58. The Morgan fingerprint density at radius 1 is 1.43 bits per heavy atom. The van der Waals surface area contributed by atoms with E-state index in [4.69, 9.17) is 10.2 Å². The lowest BCUT2D eigenvalue weighted by Gasteiger charge is -2.30. The Bertz CT molecular complexity index is 259. The van der Waals surface area contributed by atoms with Crippen molar-refractivity contribution in [3.63, 3.8) is 0 Å². The third-order valence-corrected chi connectivity index (χ3v) is 3.44. The minimum absolute atomic E-state index is 0.107. The molecule has 1 aliphatic rings. The third-order valence-electron chi connectivity index (χ3n) is 2.36. The molecule has 0 spiro atoms. The molecule has 0 atom stereocenters. The Morgan fingerprint density at radius 3 is 2.43 bits per heavy atom. The summed E-state index contributed by atoms with van der Waals surface area (Å²) in [6.07, 6.45) is 1.49. The minimum atomic E-state index is -3.51. The molecule has 4 N–H and O–H groups in total. The van der Waals surface area contributed by atoms with Gasteiger partial charge in [-0.2, -0.15) is 12.7 Å². The highest BCUT2D eigenvalue weighted by Crippen LogP contribution is 2.11. The van der Waals surface area contributed by atoms with Gasteiger partial charge in [-0.3, -0.25) is 0 Å². The van der Waals surface area contributed by atoms with Crippen LogP contribution in [0.2, 0.25) is 0 Å². The number of aliphatic hydroxyl groups is 1. The second kappa shape index (κ2) is 5.04. The summed E-state index contributed by atoms with van der Waals surface area (Å²) in [5.41, 5.74) is 0. The molecule has 0 saturated carbocycles. The zero-order valence-electron chi connectivity index (χ0n) is 8.02. The van der Waals surface area contributed by atoms with Crippen LogP contribution in [0.25, 0.3) is 0 Å². The van der Waals surface area contributed by atoms with Gasteiger partial charge in [-0.25, -0.2) is 5.14 Å². The molecule has 0 bridgehead atoms. The van der Waals surface area contributed by atoms with Crippen molar-refractivity contribution in [2.75, 3.05) is 26.2 Å². The number of nitrogens with zero attached hydrogens (tertiary/aromatic N) is 1. The molecule has 1 saturated heterocycles. The fraction of sp³-hybridized carbons (Fsp3) is 1.00. The van der Waals surface area contributed by atoms with Crippen LogP contribution >= 0.6 is 0 Å². The first-order valence-corrected chi connectivity index (χ1v) is 6.16. The standard InChI is InChI=1S/C7H17N3O3S/c8-14(12,13)10-4-1-7(2-5-10)9-3-6-11/h7,9,11H,1-6H2,(H2,8,12,13). The lowest BCUT2D eigenvalue weighted by Crippen LogP contribution is -2.47. The number of hydrogen-bond acceptors (Lipinski definition) is 4. The highest BCUT2D eigenvalue weighted by Gasteiger charge is 2.24. The largest absolute Gasteiger partial charge is 0.395 e. The fourth-order valence-corrected chi connectivity index (χ4v) is 2.30. The molecule has 1 heterocycles. The van der Waals surface area contributed by atoms with Crippen molar-refractivity contribution in [2.24, 2.45) is 5.14 Å². The number of hydrogen-bond donors (Lipinski definition) is 3. The van der Waals surface area contributed by atoms with Gasteiger partial charge in [0.25, 0.3) is 10.2 Å². The topological polar surface area (TPSA) is 95.7 Å². The van der Waals surface area contributed by atoms with Crippen molar-refractivity contribution in [3.8, 4) is 0 Å². The molecule has 0 aromatic carbocycles. The van der Waals surface area contributed by atoms with Gasteiger partial charge in [-0.1, -0.05) is 0 Å². The van der Waals surface area contributed by atoms with Gasteiger partial charge in [0.1, 0.15) is 0 Å². The van der Waals surface area contributed by atoms with Crippen molar-refractivity contribution in [3.05, 3.63) is 0 Å². The molecule has 0 unspecified atom stereocenters. The number of nitrogens with one attached hydrogen (secondary N) is 1. The summed E-state index contributed by atoms with van der Waals surface area (Å²) >= 11 is 0. The summed E-state index contributed by atoms with van der Waals surface area (Å²) in [6, 6.07) is 0.292. The summed E-state index contributed by atoms with van der Waals surface area (Å²) < 4.78 is 23.2. The van der Waals surface area contributed by atoms with E-state index in [-0.39, 0.29) is 6.61 Å². The van der Waals surface area contributed by atoms with Gasteiger partial charge in [-0.15, -0.1) is 0 Å². The Kier molecular flexibility index (Phi) is 4.27. The third kappa shape index (κ3) is 3.50. The number of rotatable bonds is 4. The van der Waals surface area contributed by atoms with E-state index in [0.29, 0.717) is 25.7 Å². The number of aliphatic hydroxyl groups excluding tert-OH is 1. The smallest absolute Gasteiger partial charge is 0.276 e. The predicted molar refractivity (Wildman–Crippen MR) is 52.8 cm³/mol. The van der Waals surface area contributed by atoms with Gasteiger partial charge in [0.2, 0.25) is 0 Å². The maximum absolute atomic E-state index is 11.0. The SMILES string of the molecule is NS(=O)(=O)N1CCC(NCCO)CC1. The summed E-state index contributed by atoms with van der Waals surface area (Å²) in [6.45, 7) is 1.58. The average molecular weight is 223 g/mol. The lowest BCUT2D eigenvalue weighted by molar-refractivity contribution is 0.253. The van der Waals surface area contributed by atoms with Crippen molar-refractivity contribution in [2.45, 2.75) is 18.9 Å². The van der Waals surface area contributed by atoms with E-state index < -0.39 is 10.2 Å². The van der Waals surface area contributed by atoms with Crippen LogP contribution < -0.4 is 10.5 Å². The molecule has 84 valence electrons. The monoisotopic (exact) mass is 223 g/mol. The molecule has 1 aliphatic heterocycles. The second-order valence-electron chi connectivity index (χ2n) is 3.40. The van der Waals surface area contributed by atoms with E-state index in [9.17, 15) is 8.42 Å². The van der Waals surface area contributed by atoms with Gasteiger partial charge in [0.15, 0.2) is 0 Å². The van der Waals surface area contributed by atoms with Crippen LogP contribution in [0.3, 0.4) is 0 Å². The first kappa shape index (κ1) is 11.9. The van der Waals surface area contributed by atoms with Gasteiger partial charge in [0, 0.05) is 25.7 Å². The molecule has 14 heavy (non-hydrogen) atoms. The lowest BCUT2D eigenvalue weighted by atomic mass is 10.1. The molecule has 0 amide bonds. The van der Waals surface area contributed by atoms with E-state index in [1.807, 2.05) is 0 Å². The van der Waals surface area contributed by atoms with Crippen LogP contribution in [-0.2, 0) is 10.2 Å². The minimum Gasteiger partial charge on any atom is -0.395 e. The van der Waals surface area contributed by atoms with Crippen molar-refractivity contribution in [1.82, 2.24) is 9.62 Å². The molecule has 6 nitrogen and oxygen atoms in total. The summed E-state index contributed by atoms with van der Waals surface area (Å²) in [5, 5.41) is 16.7. The van der Waals surface area contributed by atoms with Crippen molar-refractivity contribution >= 4 is 10.2 Å². The van der Waals surface area contributed by atoms with Gasteiger partial charge in [-0.05, 0) is 12.8 Å². The van der Waals surface area contributed by atoms with Crippen LogP contribution in [-0.4, -0.2) is 50.1 Å². The molecular formula is C7H17N3O3S. The second-order valence-corrected chi connectivity index (χ2v) is 4.94. The molecule has 1 fully saturated rings. The zero-order valence-corrected chi connectivity index (χ0v) is 8.83. The van der Waals surface area contributed by atoms with Crippen LogP contribution in [0.4, 0.5) is 0 Å². The molecule has 0 aliphatic carbocycles. The Morgan fingerprint density at radius 2 is 2.00 bits per heavy atom. The van der Waals surface area contributed by atoms with E-state index in [2.05, 4.69) is 5.32 Å². The van der Waals surface area contributed by atoms with Crippen LogP contribution in [0.5, 0.6) is 0 Å². The van der Waals surface area contributed by atoms with Gasteiger partial charge in [0.05, 0.1) is 6.61 Å². The van der Waals surface area contributed by atoms with E-state index in [0.717, 1.165) is 12.8 Å². The molecular weight excluding hydrogens is 206 g/mol. The Labute approximate surface area is 84.3 Å². The molecule has 7 heteroatoms. The van der Waals surface area contributed by atoms with Crippen LogP contribution in [0, 0.1) is 0 Å². The molecule has 1 rings (SSSR count). The maximum Gasteiger partial charge on any atom is 0.276 e.